The van der Waals surface area contributed by atoms with Gasteiger partial charge in [-0.05, 0) is 48.9 Å². The zero-order chi connectivity index (χ0) is 19.7. The summed E-state index contributed by atoms with van der Waals surface area (Å²) in [4.78, 5) is 1.28. The number of hydrogen-bond donors (Lipinski definition) is 0. The summed E-state index contributed by atoms with van der Waals surface area (Å²) in [6.07, 6.45) is 0. The SMILES string of the molecule is COc1ccc(C2CSc3ccccc3N2S(=O)(=O)c2ccc(C)cc2)cc1. The second kappa shape index (κ2) is 7.53. The molecule has 3 aromatic rings. The van der Waals surface area contributed by atoms with Gasteiger partial charge in [0.25, 0.3) is 10.0 Å². The highest BCUT2D eigenvalue weighted by Crippen LogP contribution is 2.46. The normalized spacial score (nSPS) is 16.5. The predicted molar refractivity (Wildman–Crippen MR) is 114 cm³/mol. The Hall–Kier alpha value is -2.44. The van der Waals surface area contributed by atoms with E-state index in [1.54, 1.807) is 35.3 Å². The van der Waals surface area contributed by atoms with Crippen LogP contribution in [-0.4, -0.2) is 21.3 Å². The molecule has 0 saturated carbocycles. The Morgan fingerprint density at radius 3 is 2.32 bits per heavy atom. The first-order valence-electron chi connectivity index (χ1n) is 8.97. The molecule has 0 aliphatic carbocycles. The molecule has 4 rings (SSSR count). The van der Waals surface area contributed by atoms with E-state index >= 15 is 0 Å². The van der Waals surface area contributed by atoms with Crippen molar-refractivity contribution >= 4 is 27.5 Å². The van der Waals surface area contributed by atoms with E-state index in [0.29, 0.717) is 10.6 Å². The van der Waals surface area contributed by atoms with Crippen molar-refractivity contribution in [1.82, 2.24) is 0 Å². The number of sulfonamides is 1. The number of ether oxygens (including phenoxy) is 1. The van der Waals surface area contributed by atoms with E-state index in [2.05, 4.69) is 0 Å². The molecule has 0 amide bonds. The molecule has 0 aromatic heterocycles. The third-order valence-corrected chi connectivity index (χ3v) is 7.84. The van der Waals surface area contributed by atoms with Crippen LogP contribution in [0.25, 0.3) is 0 Å². The van der Waals surface area contributed by atoms with Crippen molar-refractivity contribution in [3.8, 4) is 5.75 Å². The highest BCUT2D eigenvalue weighted by Gasteiger charge is 2.37. The van der Waals surface area contributed by atoms with Crippen molar-refractivity contribution in [2.75, 3.05) is 17.2 Å². The number of aryl methyl sites for hydroxylation is 1. The maximum atomic E-state index is 13.7. The number of methoxy groups -OCH3 is 1. The minimum absolute atomic E-state index is 0.294. The van der Waals surface area contributed by atoms with E-state index in [0.717, 1.165) is 27.5 Å². The monoisotopic (exact) mass is 411 g/mol. The molecule has 0 spiro atoms. The number of benzene rings is 3. The Morgan fingerprint density at radius 2 is 1.64 bits per heavy atom. The minimum atomic E-state index is -3.72. The van der Waals surface area contributed by atoms with Crippen LogP contribution >= 0.6 is 11.8 Å². The molecule has 0 radical (unpaired) electrons. The first-order valence-corrected chi connectivity index (χ1v) is 11.4. The van der Waals surface area contributed by atoms with Crippen molar-refractivity contribution in [2.45, 2.75) is 22.8 Å². The Balaban J connectivity index is 1.85. The van der Waals surface area contributed by atoms with Crippen LogP contribution in [0.1, 0.15) is 17.2 Å². The van der Waals surface area contributed by atoms with Crippen LogP contribution in [0.2, 0.25) is 0 Å². The lowest BCUT2D eigenvalue weighted by Crippen LogP contribution is -2.38. The molecule has 1 atom stereocenters. The lowest BCUT2D eigenvalue weighted by atomic mass is 10.1. The number of hydrogen-bond acceptors (Lipinski definition) is 4. The average Bonchev–Trinajstić information content (AvgIpc) is 2.73. The molecular formula is C22H21NO3S2. The van der Waals surface area contributed by atoms with Gasteiger partial charge in [-0.1, -0.05) is 42.0 Å². The summed E-state index contributed by atoms with van der Waals surface area (Å²) in [7, 11) is -2.10. The van der Waals surface area contributed by atoms with Gasteiger partial charge in [-0.15, -0.1) is 11.8 Å². The first kappa shape index (κ1) is 18.9. The van der Waals surface area contributed by atoms with Crippen LogP contribution in [0.5, 0.6) is 5.75 Å². The average molecular weight is 412 g/mol. The van der Waals surface area contributed by atoms with E-state index in [9.17, 15) is 8.42 Å². The number of nitrogens with zero attached hydrogens (tertiary/aromatic N) is 1. The summed E-state index contributed by atoms with van der Waals surface area (Å²) in [6, 6.07) is 22.0. The van der Waals surface area contributed by atoms with E-state index in [1.165, 1.54) is 0 Å². The fourth-order valence-corrected chi connectivity index (χ4v) is 6.32. The van der Waals surface area contributed by atoms with Crippen molar-refractivity contribution < 1.29 is 13.2 Å². The molecule has 6 heteroatoms. The van der Waals surface area contributed by atoms with Gasteiger partial charge in [0.05, 0.1) is 23.7 Å². The molecular weight excluding hydrogens is 390 g/mol. The number of fused-ring (bicyclic) bond motifs is 1. The van der Waals surface area contributed by atoms with Gasteiger partial charge in [0.15, 0.2) is 0 Å². The molecule has 0 bridgehead atoms. The van der Waals surface area contributed by atoms with Gasteiger partial charge in [0.1, 0.15) is 5.75 Å². The summed E-state index contributed by atoms with van der Waals surface area (Å²) in [5, 5.41) is 0. The predicted octanol–water partition coefficient (Wildman–Crippen LogP) is 5.05. The maximum Gasteiger partial charge on any atom is 0.264 e. The molecule has 0 fully saturated rings. The lowest BCUT2D eigenvalue weighted by Gasteiger charge is -2.37. The zero-order valence-corrected chi connectivity index (χ0v) is 17.3. The Morgan fingerprint density at radius 1 is 0.964 bits per heavy atom. The molecule has 3 aromatic carbocycles. The number of rotatable bonds is 4. The van der Waals surface area contributed by atoms with Gasteiger partial charge in [0.2, 0.25) is 0 Å². The van der Waals surface area contributed by atoms with E-state index in [-0.39, 0.29) is 6.04 Å². The number of thioether (sulfide) groups is 1. The van der Waals surface area contributed by atoms with Gasteiger partial charge in [-0.3, -0.25) is 4.31 Å². The van der Waals surface area contributed by atoms with Gasteiger partial charge < -0.3 is 4.74 Å². The molecule has 1 aliphatic heterocycles. The van der Waals surface area contributed by atoms with E-state index in [1.807, 2.05) is 67.6 Å². The number of anilines is 1. The smallest absolute Gasteiger partial charge is 0.264 e. The lowest BCUT2D eigenvalue weighted by molar-refractivity contribution is 0.414. The van der Waals surface area contributed by atoms with Gasteiger partial charge >= 0.3 is 0 Å². The third-order valence-electron chi connectivity index (χ3n) is 4.86. The van der Waals surface area contributed by atoms with Gasteiger partial charge in [-0.2, -0.15) is 0 Å². The standard InChI is InChI=1S/C22H21NO3S2/c1-16-7-13-19(14-8-16)28(24,25)23-20-5-3-4-6-22(20)27-15-21(23)17-9-11-18(26-2)12-10-17/h3-14,21H,15H2,1-2H3. The quantitative estimate of drug-likeness (QED) is 0.603. The van der Waals surface area contributed by atoms with Crippen molar-refractivity contribution in [2.24, 2.45) is 0 Å². The minimum Gasteiger partial charge on any atom is -0.497 e. The second-order valence-corrected chi connectivity index (χ2v) is 9.56. The Labute approximate surface area is 170 Å². The molecule has 144 valence electrons. The third kappa shape index (κ3) is 3.38. The Kier molecular flexibility index (Phi) is 5.08. The molecule has 1 heterocycles. The van der Waals surface area contributed by atoms with Gasteiger partial charge in [0, 0.05) is 10.6 Å². The van der Waals surface area contributed by atoms with Crippen LogP contribution in [0.15, 0.2) is 82.6 Å². The van der Waals surface area contributed by atoms with Crippen LogP contribution in [0.4, 0.5) is 5.69 Å². The first-order chi connectivity index (χ1) is 13.5. The molecule has 1 aliphatic rings. The summed E-state index contributed by atoms with van der Waals surface area (Å²) in [5.74, 6) is 1.40. The number of para-hydroxylation sites is 1. The van der Waals surface area contributed by atoms with Crippen molar-refractivity contribution in [1.29, 1.82) is 0 Å². The zero-order valence-electron chi connectivity index (χ0n) is 15.7. The molecule has 0 saturated heterocycles. The van der Waals surface area contributed by atoms with E-state index in [4.69, 9.17) is 4.74 Å². The van der Waals surface area contributed by atoms with Gasteiger partial charge in [-0.25, -0.2) is 8.42 Å². The van der Waals surface area contributed by atoms with Crippen LogP contribution in [0.3, 0.4) is 0 Å². The molecule has 28 heavy (non-hydrogen) atoms. The molecule has 4 nitrogen and oxygen atoms in total. The van der Waals surface area contributed by atoms with Crippen molar-refractivity contribution in [3.63, 3.8) is 0 Å². The van der Waals surface area contributed by atoms with Crippen LogP contribution in [0, 0.1) is 6.92 Å². The second-order valence-electron chi connectivity index (χ2n) is 6.68. The summed E-state index contributed by atoms with van der Waals surface area (Å²) in [5.41, 5.74) is 2.69. The van der Waals surface area contributed by atoms with Crippen LogP contribution in [-0.2, 0) is 10.0 Å². The highest BCUT2D eigenvalue weighted by molar-refractivity contribution is 8.00. The molecule has 1 unspecified atom stereocenters. The highest BCUT2D eigenvalue weighted by atomic mass is 32.2. The largest absolute Gasteiger partial charge is 0.497 e. The summed E-state index contributed by atoms with van der Waals surface area (Å²) >= 11 is 1.68. The summed E-state index contributed by atoms with van der Waals surface area (Å²) in [6.45, 7) is 1.95. The fourth-order valence-electron chi connectivity index (χ4n) is 3.34. The van der Waals surface area contributed by atoms with Crippen molar-refractivity contribution in [3.05, 3.63) is 83.9 Å². The fraction of sp³-hybridized carbons (Fsp3) is 0.182. The Bertz CT molecular complexity index is 1080. The van der Waals surface area contributed by atoms with Crippen LogP contribution < -0.4 is 9.04 Å². The topological polar surface area (TPSA) is 46.6 Å². The summed E-state index contributed by atoms with van der Waals surface area (Å²) < 4.78 is 34.1. The molecule has 0 N–H and O–H groups in total. The maximum absolute atomic E-state index is 13.7. The van der Waals surface area contributed by atoms with E-state index < -0.39 is 10.0 Å².